The van der Waals surface area contributed by atoms with Crippen LogP contribution in [0.2, 0.25) is 0 Å². The molecule has 0 aliphatic carbocycles. The minimum Gasteiger partial charge on any atom is -0.166 e. The first-order valence-corrected chi connectivity index (χ1v) is 5.97. The summed E-state index contributed by atoms with van der Waals surface area (Å²) >= 11 is 3.28. The van der Waals surface area contributed by atoms with E-state index in [1.54, 1.807) is 6.92 Å². The zero-order valence-electron chi connectivity index (χ0n) is 8.81. The molecule has 0 nitrogen and oxygen atoms in total. The molecule has 0 fully saturated rings. The van der Waals surface area contributed by atoms with E-state index in [-0.39, 0.29) is 0 Å². The van der Waals surface area contributed by atoms with Gasteiger partial charge in [-0.2, -0.15) is 13.2 Å². The van der Waals surface area contributed by atoms with Crippen LogP contribution in [0.3, 0.4) is 0 Å². The van der Waals surface area contributed by atoms with Crippen molar-refractivity contribution >= 4 is 22.0 Å². The van der Waals surface area contributed by atoms with Crippen molar-refractivity contribution in [1.29, 1.82) is 0 Å². The minimum absolute atomic E-state index is 0.595. The minimum atomic E-state index is -4.26. The molecule has 4 heteroatoms. The molecule has 1 aromatic carbocycles. The van der Waals surface area contributed by atoms with E-state index in [1.165, 1.54) is 12.1 Å². The number of hydrogen-bond donors (Lipinski definition) is 0. The van der Waals surface area contributed by atoms with Crippen LogP contribution in [-0.4, -0.2) is 5.33 Å². The third-order valence-corrected chi connectivity index (χ3v) is 2.63. The highest BCUT2D eigenvalue weighted by molar-refractivity contribution is 9.09. The highest BCUT2D eigenvalue weighted by atomic mass is 79.9. The van der Waals surface area contributed by atoms with Gasteiger partial charge in [-0.1, -0.05) is 34.1 Å². The van der Waals surface area contributed by atoms with Crippen LogP contribution in [0.25, 0.3) is 6.08 Å². The first-order chi connectivity index (χ1) is 7.45. The topological polar surface area (TPSA) is 0 Å². The van der Waals surface area contributed by atoms with Crippen molar-refractivity contribution in [2.45, 2.75) is 19.5 Å². The number of allylic oxidation sites excluding steroid dienone is 1. The van der Waals surface area contributed by atoms with Gasteiger partial charge in [-0.15, -0.1) is 0 Å². The number of halogens is 4. The van der Waals surface area contributed by atoms with Gasteiger partial charge in [0.2, 0.25) is 0 Å². The van der Waals surface area contributed by atoms with Crippen molar-refractivity contribution < 1.29 is 13.2 Å². The van der Waals surface area contributed by atoms with Crippen LogP contribution in [0.1, 0.15) is 23.1 Å². The van der Waals surface area contributed by atoms with Gasteiger partial charge in [-0.05, 0) is 36.6 Å². The highest BCUT2D eigenvalue weighted by Crippen LogP contribution is 2.30. The molecular formula is C12H12BrF3. The van der Waals surface area contributed by atoms with E-state index in [4.69, 9.17) is 0 Å². The van der Waals surface area contributed by atoms with Crippen LogP contribution in [0.4, 0.5) is 13.2 Å². The fraction of sp³-hybridized carbons (Fsp3) is 0.333. The van der Waals surface area contributed by atoms with Gasteiger partial charge >= 0.3 is 6.18 Å². The summed E-state index contributed by atoms with van der Waals surface area (Å²) in [6, 6.07) is 3.79. The van der Waals surface area contributed by atoms with E-state index < -0.39 is 11.7 Å². The third kappa shape index (κ3) is 3.67. The van der Waals surface area contributed by atoms with Crippen molar-refractivity contribution in [3.05, 3.63) is 41.0 Å². The molecule has 0 radical (unpaired) electrons. The molecule has 0 heterocycles. The summed E-state index contributed by atoms with van der Waals surface area (Å²) in [7, 11) is 0. The SMILES string of the molecule is Cc1cc(C(F)(F)F)ccc1C=CCCBr. The Bertz CT molecular complexity index is 380. The van der Waals surface area contributed by atoms with Crippen LogP contribution in [0.15, 0.2) is 24.3 Å². The van der Waals surface area contributed by atoms with Crippen molar-refractivity contribution in [2.75, 3.05) is 5.33 Å². The second kappa shape index (κ2) is 5.53. The number of alkyl halides is 4. The van der Waals surface area contributed by atoms with E-state index in [2.05, 4.69) is 15.9 Å². The van der Waals surface area contributed by atoms with Gasteiger partial charge in [0.15, 0.2) is 0 Å². The maximum Gasteiger partial charge on any atom is 0.416 e. The summed E-state index contributed by atoms with van der Waals surface area (Å²) in [5.41, 5.74) is 0.872. The Kier molecular flexibility index (Phi) is 4.59. The lowest BCUT2D eigenvalue weighted by Crippen LogP contribution is -2.05. The number of aryl methyl sites for hydroxylation is 1. The predicted octanol–water partition coefficient (Wildman–Crippen LogP) is 4.81. The van der Waals surface area contributed by atoms with Gasteiger partial charge in [0.1, 0.15) is 0 Å². The standard InChI is InChI=1S/C12H12BrF3/c1-9-8-11(12(14,15)16)6-5-10(9)4-2-3-7-13/h2,4-6,8H,3,7H2,1H3. The van der Waals surface area contributed by atoms with E-state index in [0.29, 0.717) is 5.56 Å². The van der Waals surface area contributed by atoms with Crippen molar-refractivity contribution in [1.82, 2.24) is 0 Å². The summed E-state index contributed by atoms with van der Waals surface area (Å²) in [6.07, 6.45) is 0.379. The Morgan fingerprint density at radius 1 is 1.31 bits per heavy atom. The van der Waals surface area contributed by atoms with Crippen LogP contribution in [0.5, 0.6) is 0 Å². The summed E-state index contributed by atoms with van der Waals surface area (Å²) in [5.74, 6) is 0. The molecule has 0 saturated carbocycles. The summed E-state index contributed by atoms with van der Waals surface area (Å²) in [6.45, 7) is 1.68. The fourth-order valence-electron chi connectivity index (χ4n) is 1.31. The molecule has 0 N–H and O–H groups in total. The average Bonchev–Trinajstić information content (AvgIpc) is 2.19. The molecule has 0 saturated heterocycles. The number of rotatable bonds is 3. The zero-order chi connectivity index (χ0) is 12.2. The van der Waals surface area contributed by atoms with Crippen molar-refractivity contribution in [2.24, 2.45) is 0 Å². The highest BCUT2D eigenvalue weighted by Gasteiger charge is 2.30. The van der Waals surface area contributed by atoms with Crippen LogP contribution < -0.4 is 0 Å². The summed E-state index contributed by atoms with van der Waals surface area (Å²) in [4.78, 5) is 0. The normalized spacial score (nSPS) is 12.3. The molecular weight excluding hydrogens is 281 g/mol. The lowest BCUT2D eigenvalue weighted by Gasteiger charge is -2.08. The smallest absolute Gasteiger partial charge is 0.166 e. The van der Waals surface area contributed by atoms with E-state index in [1.807, 2.05) is 12.2 Å². The molecule has 0 atom stereocenters. The molecule has 0 unspecified atom stereocenters. The number of hydrogen-bond acceptors (Lipinski definition) is 0. The van der Waals surface area contributed by atoms with Crippen LogP contribution in [-0.2, 0) is 6.18 Å². The van der Waals surface area contributed by atoms with E-state index in [9.17, 15) is 13.2 Å². The van der Waals surface area contributed by atoms with Crippen molar-refractivity contribution in [3.63, 3.8) is 0 Å². The molecule has 16 heavy (non-hydrogen) atoms. The first kappa shape index (κ1) is 13.3. The van der Waals surface area contributed by atoms with E-state index >= 15 is 0 Å². The Morgan fingerprint density at radius 2 is 2.00 bits per heavy atom. The van der Waals surface area contributed by atoms with Crippen LogP contribution >= 0.6 is 15.9 Å². The van der Waals surface area contributed by atoms with Gasteiger partial charge in [0.25, 0.3) is 0 Å². The molecule has 0 aliphatic heterocycles. The molecule has 88 valence electrons. The Balaban J connectivity index is 2.92. The maximum absolute atomic E-state index is 12.4. The van der Waals surface area contributed by atoms with Crippen LogP contribution in [0, 0.1) is 6.92 Å². The third-order valence-electron chi connectivity index (χ3n) is 2.17. The van der Waals surface area contributed by atoms with Crippen molar-refractivity contribution in [3.8, 4) is 0 Å². The molecule has 0 spiro atoms. The molecule has 0 aromatic heterocycles. The van der Waals surface area contributed by atoms with Gasteiger partial charge in [0.05, 0.1) is 5.56 Å². The lowest BCUT2D eigenvalue weighted by atomic mass is 10.0. The average molecular weight is 293 g/mol. The lowest BCUT2D eigenvalue weighted by molar-refractivity contribution is -0.137. The molecule has 1 rings (SSSR count). The molecule has 0 amide bonds. The van der Waals surface area contributed by atoms with E-state index in [0.717, 1.165) is 23.4 Å². The summed E-state index contributed by atoms with van der Waals surface area (Å²) in [5, 5.41) is 0.850. The first-order valence-electron chi connectivity index (χ1n) is 4.85. The Morgan fingerprint density at radius 3 is 2.50 bits per heavy atom. The Hall–Kier alpha value is -0.770. The van der Waals surface area contributed by atoms with Gasteiger partial charge in [-0.25, -0.2) is 0 Å². The second-order valence-electron chi connectivity index (χ2n) is 3.45. The van der Waals surface area contributed by atoms with Gasteiger partial charge in [0, 0.05) is 5.33 Å². The Labute approximate surface area is 101 Å². The zero-order valence-corrected chi connectivity index (χ0v) is 10.4. The monoisotopic (exact) mass is 292 g/mol. The molecule has 0 aliphatic rings. The quantitative estimate of drug-likeness (QED) is 0.701. The molecule has 1 aromatic rings. The van der Waals surface area contributed by atoms with Gasteiger partial charge in [-0.3, -0.25) is 0 Å². The maximum atomic E-state index is 12.4. The summed E-state index contributed by atoms with van der Waals surface area (Å²) < 4.78 is 37.1. The largest absolute Gasteiger partial charge is 0.416 e. The second-order valence-corrected chi connectivity index (χ2v) is 4.24. The molecule has 0 bridgehead atoms. The predicted molar refractivity (Wildman–Crippen MR) is 63.6 cm³/mol. The number of benzene rings is 1. The van der Waals surface area contributed by atoms with Gasteiger partial charge < -0.3 is 0 Å². The fourth-order valence-corrected chi connectivity index (χ4v) is 1.58.